The van der Waals surface area contributed by atoms with E-state index >= 15 is 0 Å². The molecule has 8 rings (SSSR count). The zero-order chi connectivity index (χ0) is 45.5. The first-order chi connectivity index (χ1) is 30.6. The van der Waals surface area contributed by atoms with Crippen molar-refractivity contribution in [2.75, 3.05) is 20.8 Å². The van der Waals surface area contributed by atoms with Gasteiger partial charge in [-0.25, -0.2) is 0 Å². The standard InChI is InChI=1S/C50H74O14/c1-27-13-12-16-34-26-57-47-42(51)30(4)21-37(50(34,47)54)48(53)60-36-22-35(63-49(25-36)20-19-29(3)45(64-49)33-14-10-9-11-15-33)18-17-28(2)44(27)61-41-24-39(56-8)46(32(6)59-41)62-40-23-38(55-7)43(52)31(5)58-40/h12-13,16-17,19-21,27,29,31-33,35-47,51-52,54H,9-11,14-15,18,22-26H2,1-8H3/b13-12-,28-17-,34-16?/t27-,29-,31-,32-,35+,36-,37+,38-,39-,40-,41-,42+,43-,44-,45-,46-,47+,49+,50+/m0/s1. The van der Waals surface area contributed by atoms with Crippen LogP contribution in [0, 0.1) is 23.7 Å². The lowest BCUT2D eigenvalue weighted by molar-refractivity contribution is -0.318. The van der Waals surface area contributed by atoms with E-state index in [1.807, 2.05) is 25.2 Å². The number of carbonyl (C=O) groups is 1. The van der Waals surface area contributed by atoms with Gasteiger partial charge in [-0.3, -0.25) is 4.79 Å². The molecule has 14 nitrogen and oxygen atoms in total. The first-order valence-corrected chi connectivity index (χ1v) is 24.0. The smallest absolute Gasteiger partial charge is 0.316 e. The van der Waals surface area contributed by atoms with Gasteiger partial charge in [-0.2, -0.15) is 0 Å². The molecule has 0 amide bonds. The highest BCUT2D eigenvalue weighted by molar-refractivity contribution is 5.78. The molecule has 4 saturated heterocycles. The van der Waals surface area contributed by atoms with Crippen molar-refractivity contribution in [3.63, 3.8) is 0 Å². The van der Waals surface area contributed by atoms with Gasteiger partial charge in [-0.1, -0.05) is 69.6 Å². The van der Waals surface area contributed by atoms with Gasteiger partial charge < -0.3 is 62.7 Å². The molecule has 0 aromatic heterocycles. The van der Waals surface area contributed by atoms with Crippen LogP contribution in [0.4, 0.5) is 0 Å². The molecule has 2 bridgehead atoms. The molecular weight excluding hydrogens is 825 g/mol. The van der Waals surface area contributed by atoms with Crippen molar-refractivity contribution in [2.45, 2.75) is 203 Å². The molecule has 5 fully saturated rings. The fourth-order valence-corrected chi connectivity index (χ4v) is 11.7. The zero-order valence-corrected chi connectivity index (χ0v) is 39.0. The van der Waals surface area contributed by atoms with Gasteiger partial charge in [0.25, 0.3) is 0 Å². The van der Waals surface area contributed by atoms with E-state index in [0.29, 0.717) is 49.2 Å². The van der Waals surface area contributed by atoms with Gasteiger partial charge in [0.2, 0.25) is 0 Å². The molecule has 0 unspecified atom stereocenters. The fraction of sp³-hybridized carbons (Fsp3) is 0.780. The van der Waals surface area contributed by atoms with Crippen molar-refractivity contribution in [1.82, 2.24) is 0 Å². The summed E-state index contributed by atoms with van der Waals surface area (Å²) < 4.78 is 64.1. The lowest BCUT2D eigenvalue weighted by Crippen LogP contribution is -2.58. The minimum absolute atomic E-state index is 0.0242. The third-order valence-electron chi connectivity index (χ3n) is 15.4. The summed E-state index contributed by atoms with van der Waals surface area (Å²) in [6, 6.07) is 0. The molecule has 0 radical (unpaired) electrons. The Kier molecular flexibility index (Phi) is 15.1. The average molecular weight is 899 g/mol. The van der Waals surface area contributed by atoms with Gasteiger partial charge in [0.15, 0.2) is 18.4 Å². The van der Waals surface area contributed by atoms with E-state index in [4.69, 9.17) is 47.4 Å². The Morgan fingerprint density at radius 3 is 2.28 bits per heavy atom. The molecule has 6 aliphatic heterocycles. The van der Waals surface area contributed by atoms with E-state index in [0.717, 1.165) is 18.4 Å². The Morgan fingerprint density at radius 2 is 1.53 bits per heavy atom. The molecule has 0 aromatic rings. The number of esters is 1. The minimum Gasteiger partial charge on any atom is -0.462 e. The van der Waals surface area contributed by atoms with E-state index in [1.165, 1.54) is 19.3 Å². The van der Waals surface area contributed by atoms with E-state index in [-0.39, 0.29) is 36.8 Å². The van der Waals surface area contributed by atoms with Crippen LogP contribution in [-0.4, -0.2) is 139 Å². The van der Waals surface area contributed by atoms with Crippen LogP contribution in [0.1, 0.15) is 106 Å². The van der Waals surface area contributed by atoms with Crippen molar-refractivity contribution in [1.29, 1.82) is 0 Å². The van der Waals surface area contributed by atoms with Gasteiger partial charge in [0.05, 0.1) is 49.3 Å². The Hall–Kier alpha value is -2.31. The summed E-state index contributed by atoms with van der Waals surface area (Å²) in [6.45, 7) is 11.9. The monoisotopic (exact) mass is 899 g/mol. The number of rotatable bonds is 7. The second-order valence-corrected chi connectivity index (χ2v) is 20.0. The lowest BCUT2D eigenvalue weighted by atomic mass is 9.71. The number of methoxy groups -OCH3 is 2. The molecule has 3 N–H and O–H groups in total. The molecule has 1 saturated carbocycles. The summed E-state index contributed by atoms with van der Waals surface area (Å²) in [7, 11) is 3.23. The van der Waals surface area contributed by atoms with E-state index in [2.05, 4.69) is 32.9 Å². The number of aliphatic hydroxyl groups is 3. The second-order valence-electron chi connectivity index (χ2n) is 20.0. The van der Waals surface area contributed by atoms with Gasteiger partial charge in [-0.15, -0.1) is 0 Å². The van der Waals surface area contributed by atoms with Crippen molar-refractivity contribution in [3.05, 3.63) is 59.3 Å². The molecule has 358 valence electrons. The Bertz CT molecular complexity index is 1790. The topological polar surface area (TPSA) is 170 Å². The summed E-state index contributed by atoms with van der Waals surface area (Å²) in [6.07, 6.45) is 13.8. The van der Waals surface area contributed by atoms with Crippen LogP contribution >= 0.6 is 0 Å². The molecule has 1 spiro atoms. The summed E-state index contributed by atoms with van der Waals surface area (Å²) in [4.78, 5) is 14.4. The SMILES string of the molecule is CO[C@H]1C[C@H](O[C@H]2[C@H](C)O[C@@H](O[C@@H]3/C(C)=C\C[C@@H]4C[C@@H](C[C@]5(C=C[C@H](C)[C@@H](C6CCCCC6)O5)O4)OC(=O)[C@H]4C=C(C)[C@@H](O)[C@H]5OCC(=C/C=C\[C@@H]3C)[C@@]45O)C[C@@H]2OC)O[C@@H](C)[C@@H]1O. The second kappa shape index (κ2) is 20.1. The summed E-state index contributed by atoms with van der Waals surface area (Å²) in [5, 5.41) is 34.3. The van der Waals surface area contributed by atoms with Crippen LogP contribution in [0.2, 0.25) is 0 Å². The first kappa shape index (κ1) is 48.2. The highest BCUT2D eigenvalue weighted by Crippen LogP contribution is 2.48. The normalized spacial score (nSPS) is 48.4. The minimum atomic E-state index is -1.83. The number of fused-ring (bicyclic) bond motifs is 2. The first-order valence-electron chi connectivity index (χ1n) is 24.0. The maximum absolute atomic E-state index is 14.4. The molecular formula is C50H74O14. The average Bonchev–Trinajstić information content (AvgIpc) is 3.62. The Labute approximate surface area is 379 Å². The number of carbonyl (C=O) groups excluding carboxylic acids is 1. The third-order valence-corrected chi connectivity index (χ3v) is 15.4. The van der Waals surface area contributed by atoms with E-state index in [1.54, 1.807) is 40.2 Å². The predicted molar refractivity (Wildman–Crippen MR) is 234 cm³/mol. The van der Waals surface area contributed by atoms with Gasteiger partial charge in [-0.05, 0) is 75.7 Å². The predicted octanol–water partition coefficient (Wildman–Crippen LogP) is 5.91. The Morgan fingerprint density at radius 1 is 0.812 bits per heavy atom. The molecule has 6 heterocycles. The molecule has 64 heavy (non-hydrogen) atoms. The maximum Gasteiger partial charge on any atom is 0.316 e. The van der Waals surface area contributed by atoms with Crippen LogP contribution in [0.5, 0.6) is 0 Å². The highest BCUT2D eigenvalue weighted by Gasteiger charge is 2.60. The largest absolute Gasteiger partial charge is 0.462 e. The number of hydrogen-bond acceptors (Lipinski definition) is 14. The molecule has 14 heteroatoms. The van der Waals surface area contributed by atoms with Crippen LogP contribution in [0.15, 0.2) is 59.3 Å². The zero-order valence-electron chi connectivity index (χ0n) is 39.0. The number of ether oxygens (including phenoxy) is 10. The van der Waals surface area contributed by atoms with Crippen LogP contribution in [-0.2, 0) is 52.2 Å². The maximum atomic E-state index is 14.4. The Balaban J connectivity index is 1.08. The summed E-state index contributed by atoms with van der Waals surface area (Å²) in [5.74, 6) is -2.32. The quantitative estimate of drug-likeness (QED) is 0.204. The molecule has 0 aromatic carbocycles. The van der Waals surface area contributed by atoms with Gasteiger partial charge in [0, 0.05) is 51.7 Å². The summed E-state index contributed by atoms with van der Waals surface area (Å²) in [5.41, 5.74) is 0.166. The number of aliphatic hydroxyl groups excluding tert-OH is 2. The lowest BCUT2D eigenvalue weighted by Gasteiger charge is -2.49. The van der Waals surface area contributed by atoms with Gasteiger partial charge >= 0.3 is 5.97 Å². The van der Waals surface area contributed by atoms with Crippen LogP contribution in [0.3, 0.4) is 0 Å². The van der Waals surface area contributed by atoms with Crippen molar-refractivity contribution >= 4 is 5.97 Å². The summed E-state index contributed by atoms with van der Waals surface area (Å²) >= 11 is 0. The number of allylic oxidation sites excluding steroid dienone is 2. The third kappa shape index (κ3) is 9.82. The van der Waals surface area contributed by atoms with Crippen LogP contribution < -0.4 is 0 Å². The fourth-order valence-electron chi connectivity index (χ4n) is 11.7. The highest BCUT2D eigenvalue weighted by atomic mass is 16.7. The number of hydrogen-bond donors (Lipinski definition) is 3. The van der Waals surface area contributed by atoms with Gasteiger partial charge in [0.1, 0.15) is 42.0 Å². The van der Waals surface area contributed by atoms with E-state index in [9.17, 15) is 20.1 Å². The molecule has 8 aliphatic rings. The van der Waals surface area contributed by atoms with E-state index < -0.39 is 90.8 Å². The van der Waals surface area contributed by atoms with Crippen molar-refractivity contribution in [2.24, 2.45) is 23.7 Å². The van der Waals surface area contributed by atoms with Crippen LogP contribution in [0.25, 0.3) is 0 Å². The van der Waals surface area contributed by atoms with Crippen molar-refractivity contribution in [3.8, 4) is 0 Å². The molecule has 19 atom stereocenters. The van der Waals surface area contributed by atoms with Crippen molar-refractivity contribution < 1.29 is 67.5 Å². The molecule has 2 aliphatic carbocycles.